The van der Waals surface area contributed by atoms with E-state index in [1.54, 1.807) is 32.2 Å². The highest BCUT2D eigenvalue weighted by Crippen LogP contribution is 2.10. The third-order valence-corrected chi connectivity index (χ3v) is 2.52. The summed E-state index contributed by atoms with van der Waals surface area (Å²) in [5.41, 5.74) is 1.51. The van der Waals surface area contributed by atoms with Gasteiger partial charge in [0.25, 0.3) is 5.91 Å². The molecule has 16 heavy (non-hydrogen) atoms. The minimum atomic E-state index is -0.523. The Kier molecular flexibility index (Phi) is 4.77. The van der Waals surface area contributed by atoms with Crippen molar-refractivity contribution in [2.45, 2.75) is 18.9 Å². The fourth-order valence-electron chi connectivity index (χ4n) is 1.49. The molecular formula is C12H16ClNO2. The van der Waals surface area contributed by atoms with Crippen molar-refractivity contribution in [1.82, 2.24) is 4.90 Å². The van der Waals surface area contributed by atoms with Crippen LogP contribution in [0.15, 0.2) is 24.3 Å². The number of likely N-dealkylation sites (N-methyl/N-ethyl adjacent to an activating group) is 1. The number of carbonyl (C=O) groups excluding carboxylic acids is 1. The first-order chi connectivity index (χ1) is 7.54. The Morgan fingerprint density at radius 2 is 2.25 bits per heavy atom. The standard InChI is InChI=1S/C12H16ClNO2/c1-9(15)8-14(2)12(16)11-5-3-4-10(6-11)7-13/h3-6,9,15H,7-8H2,1-2H3. The molecule has 1 rings (SSSR count). The summed E-state index contributed by atoms with van der Waals surface area (Å²) in [4.78, 5) is 13.4. The molecule has 0 aliphatic carbocycles. The number of alkyl halides is 1. The van der Waals surface area contributed by atoms with E-state index >= 15 is 0 Å². The Labute approximate surface area is 101 Å². The highest BCUT2D eigenvalue weighted by molar-refractivity contribution is 6.17. The maximum atomic E-state index is 11.9. The van der Waals surface area contributed by atoms with Gasteiger partial charge in [-0.3, -0.25) is 4.79 Å². The van der Waals surface area contributed by atoms with Crippen LogP contribution >= 0.6 is 11.6 Å². The molecule has 0 aliphatic heterocycles. The zero-order valence-electron chi connectivity index (χ0n) is 9.48. The maximum Gasteiger partial charge on any atom is 0.253 e. The molecular weight excluding hydrogens is 226 g/mol. The van der Waals surface area contributed by atoms with E-state index in [1.807, 2.05) is 6.07 Å². The molecule has 88 valence electrons. The van der Waals surface area contributed by atoms with E-state index in [0.29, 0.717) is 18.0 Å². The summed E-state index contributed by atoms with van der Waals surface area (Å²) in [5.74, 6) is 0.286. The van der Waals surface area contributed by atoms with Crippen molar-refractivity contribution in [3.8, 4) is 0 Å². The van der Waals surface area contributed by atoms with Gasteiger partial charge in [-0.1, -0.05) is 12.1 Å². The minimum Gasteiger partial charge on any atom is -0.392 e. The number of hydrogen-bond donors (Lipinski definition) is 1. The average molecular weight is 242 g/mol. The molecule has 1 unspecified atom stereocenters. The molecule has 3 nitrogen and oxygen atoms in total. The monoisotopic (exact) mass is 241 g/mol. The van der Waals surface area contributed by atoms with Gasteiger partial charge in [-0.15, -0.1) is 11.6 Å². The van der Waals surface area contributed by atoms with E-state index in [2.05, 4.69) is 0 Å². The van der Waals surface area contributed by atoms with Crippen LogP contribution in [0.4, 0.5) is 0 Å². The van der Waals surface area contributed by atoms with Crippen LogP contribution in [0.3, 0.4) is 0 Å². The first-order valence-electron chi connectivity index (χ1n) is 5.13. The molecule has 0 spiro atoms. The Hall–Kier alpha value is -1.06. The molecule has 1 N–H and O–H groups in total. The molecule has 0 fully saturated rings. The molecule has 0 aliphatic rings. The van der Waals surface area contributed by atoms with Crippen LogP contribution in [0, 0.1) is 0 Å². The number of rotatable bonds is 4. The lowest BCUT2D eigenvalue weighted by molar-refractivity contribution is 0.0703. The van der Waals surface area contributed by atoms with Gasteiger partial charge in [0, 0.05) is 25.0 Å². The van der Waals surface area contributed by atoms with Gasteiger partial charge < -0.3 is 10.0 Å². The van der Waals surface area contributed by atoms with E-state index in [4.69, 9.17) is 11.6 Å². The largest absolute Gasteiger partial charge is 0.392 e. The molecule has 0 heterocycles. The second-order valence-electron chi connectivity index (χ2n) is 3.87. The summed E-state index contributed by atoms with van der Waals surface area (Å²) in [5, 5.41) is 9.20. The molecule has 1 aromatic rings. The molecule has 1 atom stereocenters. The van der Waals surface area contributed by atoms with Crippen LogP contribution < -0.4 is 0 Å². The summed E-state index contributed by atoms with van der Waals surface area (Å²) in [6.07, 6.45) is -0.523. The molecule has 1 aromatic carbocycles. The number of benzene rings is 1. The molecule has 0 saturated heterocycles. The van der Waals surface area contributed by atoms with Crippen LogP contribution in [0.25, 0.3) is 0 Å². The normalized spacial score (nSPS) is 12.2. The van der Waals surface area contributed by atoms with Crippen molar-refractivity contribution in [1.29, 1.82) is 0 Å². The van der Waals surface area contributed by atoms with Gasteiger partial charge in [-0.2, -0.15) is 0 Å². The number of carbonyl (C=O) groups is 1. The second kappa shape index (κ2) is 5.87. The summed E-state index contributed by atoms with van der Waals surface area (Å²) in [6.45, 7) is 1.98. The van der Waals surface area contributed by atoms with E-state index in [-0.39, 0.29) is 5.91 Å². The molecule has 0 aromatic heterocycles. The highest BCUT2D eigenvalue weighted by Gasteiger charge is 2.13. The van der Waals surface area contributed by atoms with Gasteiger partial charge in [0.1, 0.15) is 0 Å². The first-order valence-corrected chi connectivity index (χ1v) is 5.66. The minimum absolute atomic E-state index is 0.104. The highest BCUT2D eigenvalue weighted by atomic mass is 35.5. The number of aliphatic hydroxyl groups is 1. The van der Waals surface area contributed by atoms with Gasteiger partial charge in [-0.05, 0) is 24.6 Å². The number of amides is 1. The van der Waals surface area contributed by atoms with Crippen molar-refractivity contribution < 1.29 is 9.90 Å². The van der Waals surface area contributed by atoms with Gasteiger partial charge in [0.2, 0.25) is 0 Å². The third-order valence-electron chi connectivity index (χ3n) is 2.21. The zero-order chi connectivity index (χ0) is 12.1. The topological polar surface area (TPSA) is 40.5 Å². The van der Waals surface area contributed by atoms with Crippen LogP contribution in [0.5, 0.6) is 0 Å². The Balaban J connectivity index is 2.79. The maximum absolute atomic E-state index is 11.9. The Morgan fingerprint density at radius 1 is 1.56 bits per heavy atom. The van der Waals surface area contributed by atoms with E-state index in [0.717, 1.165) is 5.56 Å². The van der Waals surface area contributed by atoms with Crippen molar-refractivity contribution in [2.75, 3.05) is 13.6 Å². The van der Waals surface area contributed by atoms with Crippen LogP contribution in [0.1, 0.15) is 22.8 Å². The van der Waals surface area contributed by atoms with Crippen LogP contribution in [0.2, 0.25) is 0 Å². The van der Waals surface area contributed by atoms with Crippen molar-refractivity contribution >= 4 is 17.5 Å². The summed E-state index contributed by atoms with van der Waals surface area (Å²) < 4.78 is 0. The number of hydrogen-bond acceptors (Lipinski definition) is 2. The quantitative estimate of drug-likeness (QED) is 0.818. The van der Waals surface area contributed by atoms with Gasteiger partial charge in [-0.25, -0.2) is 0 Å². The van der Waals surface area contributed by atoms with Crippen molar-refractivity contribution in [3.63, 3.8) is 0 Å². The first kappa shape index (κ1) is 13.0. The predicted molar refractivity (Wildman–Crippen MR) is 64.6 cm³/mol. The van der Waals surface area contributed by atoms with Crippen LogP contribution in [-0.4, -0.2) is 35.6 Å². The molecule has 0 bridgehead atoms. The van der Waals surface area contributed by atoms with Crippen molar-refractivity contribution in [3.05, 3.63) is 35.4 Å². The van der Waals surface area contributed by atoms with Gasteiger partial charge in [0.05, 0.1) is 6.10 Å². The summed E-state index contributed by atoms with van der Waals surface area (Å²) in [6, 6.07) is 7.20. The fraction of sp³-hybridized carbons (Fsp3) is 0.417. The van der Waals surface area contributed by atoms with Gasteiger partial charge >= 0.3 is 0 Å². The average Bonchev–Trinajstić information content (AvgIpc) is 2.27. The Morgan fingerprint density at radius 3 is 2.81 bits per heavy atom. The predicted octanol–water partition coefficient (Wildman–Crippen LogP) is 1.88. The lowest BCUT2D eigenvalue weighted by Gasteiger charge is -2.18. The molecule has 0 saturated carbocycles. The SMILES string of the molecule is CC(O)CN(C)C(=O)c1cccc(CCl)c1. The number of aliphatic hydroxyl groups excluding tert-OH is 1. The smallest absolute Gasteiger partial charge is 0.253 e. The second-order valence-corrected chi connectivity index (χ2v) is 4.14. The van der Waals surface area contributed by atoms with Crippen LogP contribution in [-0.2, 0) is 5.88 Å². The molecule has 4 heteroatoms. The zero-order valence-corrected chi connectivity index (χ0v) is 10.2. The lowest BCUT2D eigenvalue weighted by Crippen LogP contribution is -2.33. The van der Waals surface area contributed by atoms with Gasteiger partial charge in [0.15, 0.2) is 0 Å². The third kappa shape index (κ3) is 3.51. The summed E-state index contributed by atoms with van der Waals surface area (Å²) >= 11 is 5.70. The van der Waals surface area contributed by atoms with E-state index in [9.17, 15) is 9.90 Å². The number of halogens is 1. The molecule has 0 radical (unpaired) electrons. The molecule has 1 amide bonds. The Bertz CT molecular complexity index is 366. The lowest BCUT2D eigenvalue weighted by atomic mass is 10.1. The fourth-order valence-corrected chi connectivity index (χ4v) is 1.65. The van der Waals surface area contributed by atoms with Crippen molar-refractivity contribution in [2.24, 2.45) is 0 Å². The number of nitrogens with zero attached hydrogens (tertiary/aromatic N) is 1. The van der Waals surface area contributed by atoms with E-state index in [1.165, 1.54) is 4.90 Å². The van der Waals surface area contributed by atoms with E-state index < -0.39 is 6.10 Å². The summed E-state index contributed by atoms with van der Waals surface area (Å²) in [7, 11) is 1.67.